The fourth-order valence-corrected chi connectivity index (χ4v) is 2.12. The van der Waals surface area contributed by atoms with Crippen molar-refractivity contribution in [3.05, 3.63) is 28.8 Å². The maximum atomic E-state index is 12.0. The van der Waals surface area contributed by atoms with Gasteiger partial charge in [-0.1, -0.05) is 17.7 Å². The van der Waals surface area contributed by atoms with E-state index in [4.69, 9.17) is 21.4 Å². The highest BCUT2D eigenvalue weighted by molar-refractivity contribution is 6.32. The number of amides is 1. The number of halogens is 1. The average Bonchev–Trinajstić information content (AvgIpc) is 3.21. The van der Waals surface area contributed by atoms with Crippen molar-refractivity contribution in [1.29, 1.82) is 0 Å². The molecule has 104 valence electrons. The van der Waals surface area contributed by atoms with Crippen LogP contribution in [0.1, 0.15) is 18.4 Å². The summed E-state index contributed by atoms with van der Waals surface area (Å²) >= 11 is 6.01. The summed E-state index contributed by atoms with van der Waals surface area (Å²) in [4.78, 5) is 13.7. The topological polar surface area (TPSA) is 49.8 Å². The van der Waals surface area contributed by atoms with E-state index < -0.39 is 0 Å². The van der Waals surface area contributed by atoms with E-state index in [1.807, 2.05) is 19.1 Å². The fourth-order valence-electron chi connectivity index (χ4n) is 1.95. The van der Waals surface area contributed by atoms with Crippen LogP contribution in [0.3, 0.4) is 0 Å². The summed E-state index contributed by atoms with van der Waals surface area (Å²) in [6.45, 7) is 2.24. The summed E-state index contributed by atoms with van der Waals surface area (Å²) in [5.41, 5.74) is 1.03. The summed E-state index contributed by atoms with van der Waals surface area (Å²) in [6.07, 6.45) is 2.02. The number of rotatable bonds is 6. The second-order valence-electron chi connectivity index (χ2n) is 4.76. The van der Waals surface area contributed by atoms with E-state index in [0.717, 1.165) is 18.4 Å². The average molecular weight is 284 g/mol. The second-order valence-corrected chi connectivity index (χ2v) is 5.17. The lowest BCUT2D eigenvalue weighted by Gasteiger charge is -2.21. The number of aryl methyl sites for hydroxylation is 1. The number of aliphatic hydroxyl groups excluding tert-OH is 1. The van der Waals surface area contributed by atoms with Gasteiger partial charge >= 0.3 is 0 Å². The van der Waals surface area contributed by atoms with Crippen molar-refractivity contribution in [3.63, 3.8) is 0 Å². The zero-order valence-corrected chi connectivity index (χ0v) is 11.7. The number of hydrogen-bond donors (Lipinski definition) is 1. The van der Waals surface area contributed by atoms with Crippen LogP contribution >= 0.6 is 11.6 Å². The van der Waals surface area contributed by atoms with Crippen LogP contribution in [0.5, 0.6) is 5.75 Å². The van der Waals surface area contributed by atoms with E-state index in [2.05, 4.69) is 0 Å². The molecule has 19 heavy (non-hydrogen) atoms. The van der Waals surface area contributed by atoms with Crippen LogP contribution in [0.2, 0.25) is 5.02 Å². The van der Waals surface area contributed by atoms with E-state index >= 15 is 0 Å². The van der Waals surface area contributed by atoms with Gasteiger partial charge in [0.1, 0.15) is 5.75 Å². The van der Waals surface area contributed by atoms with Gasteiger partial charge in [0, 0.05) is 12.6 Å². The van der Waals surface area contributed by atoms with Crippen molar-refractivity contribution >= 4 is 17.5 Å². The molecule has 0 bridgehead atoms. The third-order valence-electron chi connectivity index (χ3n) is 3.09. The Kier molecular flexibility index (Phi) is 4.66. The first-order chi connectivity index (χ1) is 9.11. The summed E-state index contributed by atoms with van der Waals surface area (Å²) in [7, 11) is 0. The number of ether oxygens (including phenoxy) is 1. The maximum absolute atomic E-state index is 12.0. The summed E-state index contributed by atoms with van der Waals surface area (Å²) < 4.78 is 5.48. The molecule has 5 heteroatoms. The minimum Gasteiger partial charge on any atom is -0.482 e. The van der Waals surface area contributed by atoms with Crippen LogP contribution in [0.4, 0.5) is 0 Å². The van der Waals surface area contributed by atoms with E-state index in [9.17, 15) is 4.79 Å². The molecule has 1 N–H and O–H groups in total. The molecule has 0 aromatic heterocycles. The Labute approximate surface area is 117 Å². The summed E-state index contributed by atoms with van der Waals surface area (Å²) in [5, 5.41) is 9.47. The molecule has 0 aliphatic heterocycles. The summed E-state index contributed by atoms with van der Waals surface area (Å²) in [5.74, 6) is 0.420. The molecule has 1 aliphatic carbocycles. The van der Waals surface area contributed by atoms with Gasteiger partial charge in [0.25, 0.3) is 5.91 Å². The molecule has 2 rings (SSSR count). The Hall–Kier alpha value is -1.26. The van der Waals surface area contributed by atoms with Crippen LogP contribution in [0.25, 0.3) is 0 Å². The number of benzene rings is 1. The van der Waals surface area contributed by atoms with Crippen molar-refractivity contribution in [2.24, 2.45) is 0 Å². The zero-order valence-electron chi connectivity index (χ0n) is 10.9. The van der Waals surface area contributed by atoms with Crippen molar-refractivity contribution in [2.75, 3.05) is 19.8 Å². The first kappa shape index (κ1) is 14.2. The molecule has 0 saturated heterocycles. The van der Waals surface area contributed by atoms with Crippen LogP contribution in [0.15, 0.2) is 18.2 Å². The number of nitrogens with zero attached hydrogens (tertiary/aromatic N) is 1. The van der Waals surface area contributed by atoms with Crippen molar-refractivity contribution < 1.29 is 14.6 Å². The van der Waals surface area contributed by atoms with Gasteiger partial charge in [-0.25, -0.2) is 0 Å². The largest absolute Gasteiger partial charge is 0.482 e. The molecular weight excluding hydrogens is 266 g/mol. The van der Waals surface area contributed by atoms with Gasteiger partial charge in [0.05, 0.1) is 11.6 Å². The molecule has 1 saturated carbocycles. The highest BCUT2D eigenvalue weighted by Crippen LogP contribution is 2.28. The highest BCUT2D eigenvalue weighted by Gasteiger charge is 2.32. The third kappa shape index (κ3) is 3.85. The molecule has 0 atom stereocenters. The van der Waals surface area contributed by atoms with Gasteiger partial charge in [-0.05, 0) is 37.5 Å². The molecular formula is C14H18ClNO3. The van der Waals surface area contributed by atoms with E-state index in [1.54, 1.807) is 11.0 Å². The molecule has 1 aliphatic rings. The minimum absolute atomic E-state index is 0.0204. The molecule has 1 aromatic rings. The van der Waals surface area contributed by atoms with Gasteiger partial charge in [0.15, 0.2) is 6.61 Å². The molecule has 1 aromatic carbocycles. The number of carbonyl (C=O) groups is 1. The number of aliphatic hydroxyl groups is 1. The zero-order chi connectivity index (χ0) is 13.8. The Morgan fingerprint density at radius 3 is 2.89 bits per heavy atom. The monoisotopic (exact) mass is 283 g/mol. The third-order valence-corrected chi connectivity index (χ3v) is 3.40. The van der Waals surface area contributed by atoms with Crippen LogP contribution in [0, 0.1) is 6.92 Å². The van der Waals surface area contributed by atoms with E-state index in [-0.39, 0.29) is 25.2 Å². The number of carbonyl (C=O) groups excluding carboxylic acids is 1. The van der Waals surface area contributed by atoms with Gasteiger partial charge in [-0.15, -0.1) is 0 Å². The van der Waals surface area contributed by atoms with Gasteiger partial charge < -0.3 is 14.7 Å². The molecule has 0 spiro atoms. The molecule has 1 fully saturated rings. The predicted octanol–water partition coefficient (Wildman–Crippen LogP) is 2.01. The minimum atomic E-state index is -0.103. The van der Waals surface area contributed by atoms with Crippen LogP contribution in [-0.4, -0.2) is 41.7 Å². The summed E-state index contributed by atoms with van der Waals surface area (Å²) in [6, 6.07) is 5.72. The Balaban J connectivity index is 1.93. The molecule has 0 heterocycles. The molecule has 0 radical (unpaired) electrons. The van der Waals surface area contributed by atoms with Crippen molar-refractivity contribution in [1.82, 2.24) is 4.90 Å². The van der Waals surface area contributed by atoms with E-state index in [1.165, 1.54) is 0 Å². The van der Waals surface area contributed by atoms with Gasteiger partial charge in [0.2, 0.25) is 0 Å². The normalized spacial score (nSPS) is 14.3. The van der Waals surface area contributed by atoms with Gasteiger partial charge in [-0.3, -0.25) is 4.79 Å². The number of hydrogen-bond acceptors (Lipinski definition) is 3. The maximum Gasteiger partial charge on any atom is 0.260 e. The second kappa shape index (κ2) is 6.26. The Morgan fingerprint density at radius 1 is 1.53 bits per heavy atom. The predicted molar refractivity (Wildman–Crippen MR) is 73.5 cm³/mol. The highest BCUT2D eigenvalue weighted by atomic mass is 35.5. The molecule has 4 nitrogen and oxygen atoms in total. The Morgan fingerprint density at radius 2 is 2.26 bits per heavy atom. The SMILES string of the molecule is Cc1ccc(Cl)c(OCC(=O)N(CCO)C2CC2)c1. The van der Waals surface area contributed by atoms with Gasteiger partial charge in [-0.2, -0.15) is 0 Å². The molecule has 0 unspecified atom stereocenters. The van der Waals surface area contributed by atoms with Crippen molar-refractivity contribution in [2.45, 2.75) is 25.8 Å². The van der Waals surface area contributed by atoms with Crippen LogP contribution in [-0.2, 0) is 4.79 Å². The Bertz CT molecular complexity index is 460. The lowest BCUT2D eigenvalue weighted by molar-refractivity contribution is -0.134. The standard InChI is InChI=1S/C14H18ClNO3/c1-10-2-5-12(15)13(8-10)19-9-14(18)16(6-7-17)11-3-4-11/h2,5,8,11,17H,3-4,6-7,9H2,1H3. The van der Waals surface area contributed by atoms with E-state index in [0.29, 0.717) is 17.3 Å². The quantitative estimate of drug-likeness (QED) is 0.869. The fraction of sp³-hybridized carbons (Fsp3) is 0.500. The van der Waals surface area contributed by atoms with Crippen molar-refractivity contribution in [3.8, 4) is 5.75 Å². The molecule has 1 amide bonds. The van der Waals surface area contributed by atoms with Crippen LogP contribution < -0.4 is 4.74 Å². The first-order valence-corrected chi connectivity index (χ1v) is 6.79. The lowest BCUT2D eigenvalue weighted by Crippen LogP contribution is -2.38. The lowest BCUT2D eigenvalue weighted by atomic mass is 10.2. The first-order valence-electron chi connectivity index (χ1n) is 6.41. The smallest absolute Gasteiger partial charge is 0.260 e.